The number of rotatable bonds is 47. The molecule has 0 unspecified atom stereocenters. The van der Waals surface area contributed by atoms with Gasteiger partial charge in [-0.3, -0.25) is 115 Å². The summed E-state index contributed by atoms with van der Waals surface area (Å²) in [4.78, 5) is 251. The Morgan fingerprint density at radius 1 is 0.184 bits per heavy atom. The summed E-state index contributed by atoms with van der Waals surface area (Å²) in [5.74, 6) is -7.01. The molecule has 55 nitrogen and oxygen atoms in total. The van der Waals surface area contributed by atoms with E-state index in [0.717, 1.165) is 60.7 Å². The van der Waals surface area contributed by atoms with Gasteiger partial charge in [-0.1, -0.05) is 60.7 Å². The first-order valence-corrected chi connectivity index (χ1v) is 42.9. The van der Waals surface area contributed by atoms with Crippen LogP contribution in [0.2, 0.25) is 0 Å². The molecule has 752 valence electrons. The van der Waals surface area contributed by atoms with Crippen molar-refractivity contribution >= 4 is 59.1 Å². The fourth-order valence-corrected chi connectivity index (χ4v) is 13.0. The maximum atomic E-state index is 12.7. The molecule has 141 heavy (non-hydrogen) atoms. The maximum Gasteiger partial charge on any atom is 0.283 e. The zero-order valence-corrected chi connectivity index (χ0v) is 75.3. The number of hydrogen-bond acceptors (Lipinski definition) is 35. The summed E-state index contributed by atoms with van der Waals surface area (Å²) in [5.41, 5.74) is -10.5. The summed E-state index contributed by atoms with van der Waals surface area (Å²) in [6, 6.07) is 36.8. The smallest absolute Gasteiger partial charge is 0.283 e. The Hall–Kier alpha value is -18.0. The third-order valence-corrected chi connectivity index (χ3v) is 20.6. The van der Waals surface area contributed by atoms with Crippen LogP contribution in [0, 0.1) is 0 Å². The standard InChI is InChI=1S/C35H42N10O12.C34H40N10O12.C17H21N5O6/c46-28-10-1-6-24(42(28)54)32(50)36-14-20-40(21-15-37-33(51)25-7-2-11-29(47)43(25)55)18-5-19-41(22-16-38-34(52)26-8-3-12-30(48)44(26)56)23-17-39-35(53)27-9-4-13-31(49)45(27)57;45-27-9-1-5-23(41(27)53)31(49)35-13-17-39(18-14-36-32(50)24-6-2-10-28(46)42(24)54)21-22-40(19-15-37-33(51)25-7-3-11-29(47)43(25)55)20-16-38-34(52)26-8-4-12-30(48)44(26)56;1-20(10-8-18-16(25)12-4-2-6-14(23)21(12)27)11-9-19-17(26)13-5-3-7-15(24)22(13)28/h1-4,6-13,54-57H,5,14-23H2,(H,36,50)(H,37,51)(H,38,52)(H,39,53);1-12,53-56H,13-22H2,(H,35,49)(H,36,50)(H,37,51)(H,38,52);2-7,27-28H,8-11H2,1H3,(H,18,25)(H,19,26). The van der Waals surface area contributed by atoms with Crippen LogP contribution in [0.15, 0.2) is 230 Å². The Labute approximate surface area is 793 Å². The van der Waals surface area contributed by atoms with E-state index < -0.39 is 115 Å². The Morgan fingerprint density at radius 2 is 0.298 bits per heavy atom. The van der Waals surface area contributed by atoms with Gasteiger partial charge in [-0.15, -0.1) is 47.3 Å². The van der Waals surface area contributed by atoms with E-state index in [1.54, 1.807) is 7.05 Å². The Morgan fingerprint density at radius 3 is 0.426 bits per heavy atom. The van der Waals surface area contributed by atoms with Crippen LogP contribution >= 0.6 is 0 Å². The molecule has 0 fully saturated rings. The van der Waals surface area contributed by atoms with E-state index in [4.69, 9.17) is 0 Å². The molecule has 10 rings (SSSR count). The van der Waals surface area contributed by atoms with Gasteiger partial charge in [-0.25, -0.2) is 0 Å². The highest BCUT2D eigenvalue weighted by Crippen LogP contribution is 2.07. The minimum atomic E-state index is -0.807. The molecule has 0 radical (unpaired) electrons. The van der Waals surface area contributed by atoms with Crippen molar-refractivity contribution < 1.29 is 100 Å². The third kappa shape index (κ3) is 32.4. The fourth-order valence-electron chi connectivity index (χ4n) is 13.0. The Balaban J connectivity index is 0.000000274. The van der Waals surface area contributed by atoms with Gasteiger partial charge in [0.2, 0.25) is 0 Å². The molecule has 0 bridgehead atoms. The van der Waals surface area contributed by atoms with E-state index in [0.29, 0.717) is 32.6 Å². The van der Waals surface area contributed by atoms with Gasteiger partial charge >= 0.3 is 0 Å². The zero-order chi connectivity index (χ0) is 103. The summed E-state index contributed by atoms with van der Waals surface area (Å²) in [6.07, 6.45) is 0.456. The van der Waals surface area contributed by atoms with Crippen molar-refractivity contribution in [3.63, 3.8) is 0 Å². The van der Waals surface area contributed by atoms with Gasteiger partial charge in [0.25, 0.3) is 115 Å². The molecule has 10 aromatic rings. The van der Waals surface area contributed by atoms with Crippen LogP contribution in [0.5, 0.6) is 0 Å². The van der Waals surface area contributed by atoms with Crippen LogP contribution in [-0.4, -0.2) is 347 Å². The molecular formula is C86H103N25O30. The van der Waals surface area contributed by atoms with Crippen molar-refractivity contribution in [3.05, 3.63) is 342 Å². The molecule has 0 saturated heterocycles. The van der Waals surface area contributed by atoms with E-state index in [2.05, 4.69) is 53.2 Å². The predicted octanol–water partition coefficient (Wildman–Crippen LogP) is -7.22. The summed E-state index contributed by atoms with van der Waals surface area (Å²) in [5, 5.41) is 125. The molecule has 0 saturated carbocycles. The van der Waals surface area contributed by atoms with Crippen molar-refractivity contribution in [1.82, 2.24) is 125 Å². The normalized spacial score (nSPS) is 10.9. The molecule has 55 heteroatoms. The quantitative estimate of drug-likeness (QED) is 0.0158. The first-order chi connectivity index (χ1) is 67.4. The van der Waals surface area contributed by atoms with Crippen molar-refractivity contribution in [3.8, 4) is 0 Å². The van der Waals surface area contributed by atoms with Gasteiger partial charge in [0.15, 0.2) is 0 Å². The number of carbonyl (C=O) groups excluding carboxylic acids is 10. The van der Waals surface area contributed by atoms with Gasteiger partial charge in [0.05, 0.1) is 0 Å². The number of amides is 10. The van der Waals surface area contributed by atoms with Crippen LogP contribution in [0.25, 0.3) is 0 Å². The second-order valence-electron chi connectivity index (χ2n) is 30.2. The van der Waals surface area contributed by atoms with E-state index in [-0.39, 0.29) is 235 Å². The number of pyridine rings is 10. The molecular weight excluding hydrogens is 1860 g/mol. The second-order valence-corrected chi connectivity index (χ2v) is 30.2. The first-order valence-electron chi connectivity index (χ1n) is 42.9. The highest BCUT2D eigenvalue weighted by atomic mass is 16.5. The van der Waals surface area contributed by atoms with Gasteiger partial charge in [-0.05, 0) is 87.2 Å². The Bertz CT molecular complexity index is 6050. The van der Waals surface area contributed by atoms with Gasteiger partial charge in [0.1, 0.15) is 56.9 Å². The lowest BCUT2D eigenvalue weighted by atomic mass is 10.3. The molecule has 10 heterocycles. The number of aromatic nitrogens is 10. The van der Waals surface area contributed by atoms with Crippen molar-refractivity contribution in [2.75, 3.05) is 164 Å². The Kier molecular flexibility index (Phi) is 41.4. The average Bonchev–Trinajstić information content (AvgIpc) is 0.900. The van der Waals surface area contributed by atoms with E-state index in [1.165, 1.54) is 121 Å². The van der Waals surface area contributed by atoms with Gasteiger partial charge in [0, 0.05) is 205 Å². The number of nitrogens with one attached hydrogen (secondary N) is 10. The molecule has 0 aliphatic carbocycles. The minimum Gasteiger partial charge on any atom is -0.425 e. The minimum absolute atomic E-state index is 0.0106. The van der Waals surface area contributed by atoms with E-state index in [1.807, 2.05) is 24.5 Å². The van der Waals surface area contributed by atoms with Crippen LogP contribution < -0.4 is 109 Å². The molecule has 0 aliphatic rings. The topological polar surface area (TPSA) is 730 Å². The average molecular weight is 1970 g/mol. The third-order valence-electron chi connectivity index (χ3n) is 20.6. The van der Waals surface area contributed by atoms with Crippen LogP contribution in [0.3, 0.4) is 0 Å². The van der Waals surface area contributed by atoms with Crippen LogP contribution in [0.1, 0.15) is 111 Å². The molecule has 0 aliphatic heterocycles. The van der Waals surface area contributed by atoms with Crippen LogP contribution in [0.4, 0.5) is 0 Å². The molecule has 0 spiro atoms. The molecule has 10 aromatic heterocycles. The monoisotopic (exact) mass is 1970 g/mol. The number of likely N-dealkylation sites (N-methyl/N-ethyl adjacent to an activating group) is 1. The summed E-state index contributed by atoms with van der Waals surface area (Å²) >= 11 is 0. The van der Waals surface area contributed by atoms with Crippen molar-refractivity contribution in [2.24, 2.45) is 0 Å². The lowest BCUT2D eigenvalue weighted by Crippen LogP contribution is -2.46. The maximum absolute atomic E-state index is 12.7. The second kappa shape index (κ2) is 53.9. The van der Waals surface area contributed by atoms with Crippen molar-refractivity contribution in [1.29, 1.82) is 0 Å². The molecule has 10 amide bonds. The predicted molar refractivity (Wildman–Crippen MR) is 490 cm³/mol. The first kappa shape index (κ1) is 108. The highest BCUT2D eigenvalue weighted by Gasteiger charge is 2.24. The summed E-state index contributed by atoms with van der Waals surface area (Å²) in [6.45, 7) is 4.49. The highest BCUT2D eigenvalue weighted by molar-refractivity contribution is 5.96. The largest absolute Gasteiger partial charge is 0.425 e. The number of carbonyl (C=O) groups is 10. The fraction of sp³-hybridized carbons (Fsp3) is 0.302. The van der Waals surface area contributed by atoms with E-state index >= 15 is 0 Å². The molecule has 0 aromatic carbocycles. The summed E-state index contributed by atoms with van der Waals surface area (Å²) < 4.78 is 2.25. The number of hydrogen-bond donors (Lipinski definition) is 20. The van der Waals surface area contributed by atoms with Gasteiger partial charge in [-0.2, -0.15) is 0 Å². The lowest BCUT2D eigenvalue weighted by Gasteiger charge is -2.28. The van der Waals surface area contributed by atoms with Crippen molar-refractivity contribution in [2.45, 2.75) is 6.42 Å². The SMILES string of the molecule is CN(CCNC(=O)c1cccc(=O)n1O)CCNC(=O)c1cccc(=O)n1O.O=C(NCCN(CCCN(CCNC(=O)c1cccc(=O)n1O)CCNC(=O)c1cccc(=O)n1O)CCNC(=O)c1cccc(=O)n1O)c1cccc(=O)n1O.O=C(NCCN(CCNC(=O)c1cccc(=O)n1O)CCN(CCNC(=O)c1cccc(=O)n1O)CCNC(=O)c1cccc(=O)n1O)c1cccc(=O)n1O. The zero-order valence-electron chi connectivity index (χ0n) is 75.3. The lowest BCUT2D eigenvalue weighted by molar-refractivity contribution is 0.0861. The summed E-state index contributed by atoms with van der Waals surface area (Å²) in [7, 11) is 1.77. The van der Waals surface area contributed by atoms with Crippen LogP contribution in [-0.2, 0) is 0 Å². The van der Waals surface area contributed by atoms with E-state index in [9.17, 15) is 148 Å². The molecule has 20 N–H and O–H groups in total. The number of nitrogens with zero attached hydrogens (tertiary/aromatic N) is 15. The van der Waals surface area contributed by atoms with Gasteiger partial charge < -0.3 is 110 Å². The molecule has 0 atom stereocenters.